The monoisotopic (exact) mass is 234 g/mol. The molecule has 0 saturated carbocycles. The maximum atomic E-state index is 12.1. The van der Waals surface area contributed by atoms with E-state index < -0.39 is 0 Å². The maximum absolute atomic E-state index is 12.1. The molecule has 1 aromatic carbocycles. The van der Waals surface area contributed by atoms with Crippen molar-refractivity contribution in [3.05, 3.63) is 29.8 Å². The molecule has 3 heteroatoms. The van der Waals surface area contributed by atoms with Crippen LogP contribution in [0.4, 0.5) is 5.69 Å². The van der Waals surface area contributed by atoms with Gasteiger partial charge in [0, 0.05) is 18.8 Å². The van der Waals surface area contributed by atoms with Gasteiger partial charge in [0.15, 0.2) is 0 Å². The Morgan fingerprint density at radius 1 is 1.29 bits per heavy atom. The standard InChI is InChI=1S/C14H22N2O/c1-5-12(10(2)3)16-14(17)11-8-6-7-9-13(11)15-4/h6-10,12,15H,5H2,1-4H3,(H,16,17). The van der Waals surface area contributed by atoms with Gasteiger partial charge in [-0.3, -0.25) is 4.79 Å². The van der Waals surface area contributed by atoms with Crippen molar-refractivity contribution in [3.8, 4) is 0 Å². The molecular weight excluding hydrogens is 212 g/mol. The zero-order chi connectivity index (χ0) is 12.8. The fourth-order valence-corrected chi connectivity index (χ4v) is 1.89. The van der Waals surface area contributed by atoms with Crippen molar-refractivity contribution in [2.75, 3.05) is 12.4 Å². The SMILES string of the molecule is CCC(NC(=O)c1ccccc1NC)C(C)C. The molecule has 3 nitrogen and oxygen atoms in total. The molecule has 0 radical (unpaired) electrons. The van der Waals surface area contributed by atoms with E-state index in [1.54, 1.807) is 0 Å². The zero-order valence-corrected chi connectivity index (χ0v) is 11.1. The first-order valence-electron chi connectivity index (χ1n) is 6.17. The fourth-order valence-electron chi connectivity index (χ4n) is 1.89. The smallest absolute Gasteiger partial charge is 0.253 e. The van der Waals surface area contributed by atoms with Crippen LogP contribution in [0.15, 0.2) is 24.3 Å². The number of para-hydroxylation sites is 1. The minimum Gasteiger partial charge on any atom is -0.387 e. The number of carbonyl (C=O) groups excluding carboxylic acids is 1. The highest BCUT2D eigenvalue weighted by Gasteiger charge is 2.16. The lowest BCUT2D eigenvalue weighted by molar-refractivity contribution is 0.0925. The first-order chi connectivity index (χ1) is 8.10. The van der Waals surface area contributed by atoms with E-state index in [1.165, 1.54) is 0 Å². The largest absolute Gasteiger partial charge is 0.387 e. The molecular formula is C14H22N2O. The normalized spacial score (nSPS) is 12.3. The van der Waals surface area contributed by atoms with Crippen molar-refractivity contribution in [2.24, 2.45) is 5.92 Å². The lowest BCUT2D eigenvalue weighted by Gasteiger charge is -2.21. The number of carbonyl (C=O) groups is 1. The summed E-state index contributed by atoms with van der Waals surface area (Å²) >= 11 is 0. The Morgan fingerprint density at radius 3 is 2.47 bits per heavy atom. The van der Waals surface area contributed by atoms with Crippen LogP contribution < -0.4 is 10.6 Å². The molecule has 0 aliphatic heterocycles. The van der Waals surface area contributed by atoms with Gasteiger partial charge in [-0.1, -0.05) is 32.9 Å². The summed E-state index contributed by atoms with van der Waals surface area (Å²) in [6.07, 6.45) is 0.950. The van der Waals surface area contributed by atoms with Gasteiger partial charge in [-0.25, -0.2) is 0 Å². The number of rotatable bonds is 5. The molecule has 0 bridgehead atoms. The van der Waals surface area contributed by atoms with E-state index in [4.69, 9.17) is 0 Å². The Morgan fingerprint density at radius 2 is 1.94 bits per heavy atom. The summed E-state index contributed by atoms with van der Waals surface area (Å²) in [4.78, 5) is 12.1. The molecule has 1 rings (SSSR count). The number of anilines is 1. The van der Waals surface area contributed by atoms with Crippen molar-refractivity contribution in [1.29, 1.82) is 0 Å². The summed E-state index contributed by atoms with van der Waals surface area (Å²) in [5, 5.41) is 6.11. The molecule has 1 unspecified atom stereocenters. The minimum atomic E-state index is -0.00417. The average molecular weight is 234 g/mol. The van der Waals surface area contributed by atoms with E-state index in [9.17, 15) is 4.79 Å². The Balaban J connectivity index is 2.82. The third-order valence-corrected chi connectivity index (χ3v) is 3.00. The summed E-state index contributed by atoms with van der Waals surface area (Å²) in [6.45, 7) is 6.34. The topological polar surface area (TPSA) is 41.1 Å². The van der Waals surface area contributed by atoms with Gasteiger partial charge in [0.25, 0.3) is 5.91 Å². The highest BCUT2D eigenvalue weighted by Crippen LogP contribution is 2.15. The summed E-state index contributed by atoms with van der Waals surface area (Å²) in [7, 11) is 1.83. The molecule has 1 amide bonds. The third-order valence-electron chi connectivity index (χ3n) is 3.00. The summed E-state index contributed by atoms with van der Waals surface area (Å²) in [5.41, 5.74) is 1.57. The van der Waals surface area contributed by atoms with Crippen molar-refractivity contribution >= 4 is 11.6 Å². The van der Waals surface area contributed by atoms with Gasteiger partial charge in [-0.05, 0) is 24.5 Å². The van der Waals surface area contributed by atoms with E-state index in [0.29, 0.717) is 11.5 Å². The number of hydrogen-bond donors (Lipinski definition) is 2. The Kier molecular flexibility index (Phi) is 5.01. The van der Waals surface area contributed by atoms with Crippen molar-refractivity contribution in [2.45, 2.75) is 33.2 Å². The van der Waals surface area contributed by atoms with Crippen LogP contribution in [0.1, 0.15) is 37.6 Å². The Hall–Kier alpha value is -1.51. The second-order valence-electron chi connectivity index (χ2n) is 4.53. The number of benzene rings is 1. The van der Waals surface area contributed by atoms with Crippen LogP contribution in [0.25, 0.3) is 0 Å². The highest BCUT2D eigenvalue weighted by atomic mass is 16.1. The van der Waals surface area contributed by atoms with Crippen LogP contribution in [0.2, 0.25) is 0 Å². The van der Waals surface area contributed by atoms with Gasteiger partial charge < -0.3 is 10.6 Å². The van der Waals surface area contributed by atoms with Gasteiger partial charge in [-0.15, -0.1) is 0 Å². The fraction of sp³-hybridized carbons (Fsp3) is 0.500. The molecule has 0 aliphatic rings. The maximum Gasteiger partial charge on any atom is 0.253 e. The van der Waals surface area contributed by atoms with Gasteiger partial charge in [0.05, 0.1) is 5.56 Å². The molecule has 94 valence electrons. The second kappa shape index (κ2) is 6.28. The molecule has 0 aromatic heterocycles. The summed E-state index contributed by atoms with van der Waals surface area (Å²) < 4.78 is 0. The number of nitrogens with one attached hydrogen (secondary N) is 2. The first kappa shape index (κ1) is 13.6. The quantitative estimate of drug-likeness (QED) is 0.822. The van der Waals surface area contributed by atoms with Crippen LogP contribution in [0.3, 0.4) is 0 Å². The molecule has 0 aliphatic carbocycles. The molecule has 1 atom stereocenters. The predicted octanol–water partition coefficient (Wildman–Crippen LogP) is 2.89. The van der Waals surface area contributed by atoms with Crippen LogP contribution in [0, 0.1) is 5.92 Å². The number of amides is 1. The van der Waals surface area contributed by atoms with Gasteiger partial charge >= 0.3 is 0 Å². The minimum absolute atomic E-state index is 0.00417. The van der Waals surface area contributed by atoms with E-state index in [2.05, 4.69) is 31.4 Å². The van der Waals surface area contributed by atoms with Crippen molar-refractivity contribution in [1.82, 2.24) is 5.32 Å². The second-order valence-corrected chi connectivity index (χ2v) is 4.53. The molecule has 2 N–H and O–H groups in total. The van der Waals surface area contributed by atoms with E-state index in [-0.39, 0.29) is 11.9 Å². The molecule has 0 fully saturated rings. The third kappa shape index (κ3) is 3.48. The molecule has 0 spiro atoms. The predicted molar refractivity (Wildman–Crippen MR) is 72.4 cm³/mol. The van der Waals surface area contributed by atoms with E-state index in [1.807, 2.05) is 31.3 Å². The van der Waals surface area contributed by atoms with Crippen molar-refractivity contribution in [3.63, 3.8) is 0 Å². The van der Waals surface area contributed by atoms with Crippen LogP contribution in [0.5, 0.6) is 0 Å². The lowest BCUT2D eigenvalue weighted by Crippen LogP contribution is -2.38. The van der Waals surface area contributed by atoms with Crippen LogP contribution >= 0.6 is 0 Å². The van der Waals surface area contributed by atoms with E-state index >= 15 is 0 Å². The molecule has 1 aromatic rings. The van der Waals surface area contributed by atoms with Gasteiger partial charge in [-0.2, -0.15) is 0 Å². The first-order valence-corrected chi connectivity index (χ1v) is 6.17. The van der Waals surface area contributed by atoms with Crippen LogP contribution in [-0.4, -0.2) is 19.0 Å². The molecule has 0 heterocycles. The van der Waals surface area contributed by atoms with Crippen LogP contribution in [-0.2, 0) is 0 Å². The van der Waals surface area contributed by atoms with Gasteiger partial charge in [0.2, 0.25) is 0 Å². The summed E-state index contributed by atoms with van der Waals surface area (Å²) in [5.74, 6) is 0.446. The summed E-state index contributed by atoms with van der Waals surface area (Å²) in [6, 6.07) is 7.78. The lowest BCUT2D eigenvalue weighted by atomic mass is 10.0. The zero-order valence-electron chi connectivity index (χ0n) is 11.1. The van der Waals surface area contributed by atoms with Crippen molar-refractivity contribution < 1.29 is 4.79 Å². The average Bonchev–Trinajstić information content (AvgIpc) is 2.35. The highest BCUT2D eigenvalue weighted by molar-refractivity contribution is 5.99. The van der Waals surface area contributed by atoms with E-state index in [0.717, 1.165) is 12.1 Å². The van der Waals surface area contributed by atoms with Gasteiger partial charge in [0.1, 0.15) is 0 Å². The molecule has 0 saturated heterocycles. The Bertz CT molecular complexity index is 374. The molecule has 17 heavy (non-hydrogen) atoms. The number of hydrogen-bond acceptors (Lipinski definition) is 2. The Labute approximate surface area is 104 Å².